The lowest BCUT2D eigenvalue weighted by Crippen LogP contribution is -2.12. The molecule has 0 aliphatic carbocycles. The minimum atomic E-state index is -0.215. The zero-order valence-electron chi connectivity index (χ0n) is 11.2. The number of rotatable bonds is 4. The molecular formula is C16H14ClNO3. The standard InChI is InChI=1S/C16H14ClNO3/c17-14-7-5-12(3-1-9-19)11-15(14)18-16(20)8-6-13-4-2-10-21-13/h2,4-5,7,10-11,19H,6,8-9H2,(H,18,20). The second-order valence-corrected chi connectivity index (χ2v) is 4.69. The molecule has 0 bridgehead atoms. The summed E-state index contributed by atoms with van der Waals surface area (Å²) in [5, 5.41) is 11.9. The average molecular weight is 304 g/mol. The maximum atomic E-state index is 11.9. The Morgan fingerprint density at radius 2 is 2.24 bits per heavy atom. The van der Waals surface area contributed by atoms with Gasteiger partial charge >= 0.3 is 0 Å². The van der Waals surface area contributed by atoms with Gasteiger partial charge in [0, 0.05) is 18.4 Å². The zero-order valence-corrected chi connectivity index (χ0v) is 12.0. The van der Waals surface area contributed by atoms with E-state index in [2.05, 4.69) is 17.2 Å². The molecule has 0 fully saturated rings. The number of aryl methyl sites for hydroxylation is 1. The summed E-state index contributed by atoms with van der Waals surface area (Å²) in [6.07, 6.45) is 2.41. The van der Waals surface area contributed by atoms with Crippen molar-refractivity contribution in [2.24, 2.45) is 0 Å². The van der Waals surface area contributed by atoms with Crippen LogP contribution in [0.1, 0.15) is 17.7 Å². The van der Waals surface area contributed by atoms with Crippen molar-refractivity contribution in [2.45, 2.75) is 12.8 Å². The quantitative estimate of drug-likeness (QED) is 0.854. The summed E-state index contributed by atoms with van der Waals surface area (Å²) in [4.78, 5) is 11.9. The van der Waals surface area contributed by atoms with Gasteiger partial charge in [-0.15, -0.1) is 0 Å². The fraction of sp³-hybridized carbons (Fsp3) is 0.188. The van der Waals surface area contributed by atoms with E-state index in [1.807, 2.05) is 6.07 Å². The maximum Gasteiger partial charge on any atom is 0.224 e. The molecule has 0 aliphatic rings. The van der Waals surface area contributed by atoms with Gasteiger partial charge in [0.15, 0.2) is 0 Å². The van der Waals surface area contributed by atoms with E-state index in [-0.39, 0.29) is 12.5 Å². The van der Waals surface area contributed by atoms with Gasteiger partial charge in [0.1, 0.15) is 12.4 Å². The summed E-state index contributed by atoms with van der Waals surface area (Å²) in [6.45, 7) is -0.215. The smallest absolute Gasteiger partial charge is 0.224 e. The molecule has 2 N–H and O–H groups in total. The monoisotopic (exact) mass is 303 g/mol. The van der Waals surface area contributed by atoms with Crippen molar-refractivity contribution in [3.8, 4) is 11.8 Å². The molecule has 0 aliphatic heterocycles. The SMILES string of the molecule is O=C(CCc1ccco1)Nc1cc(C#CCO)ccc1Cl. The van der Waals surface area contributed by atoms with Gasteiger partial charge in [-0.2, -0.15) is 0 Å². The Labute approximate surface area is 127 Å². The van der Waals surface area contributed by atoms with Crippen LogP contribution in [0.3, 0.4) is 0 Å². The van der Waals surface area contributed by atoms with Crippen LogP contribution in [-0.2, 0) is 11.2 Å². The summed E-state index contributed by atoms with van der Waals surface area (Å²) in [5.74, 6) is 5.92. The molecule has 0 saturated carbocycles. The molecule has 21 heavy (non-hydrogen) atoms. The van der Waals surface area contributed by atoms with Crippen LogP contribution in [0.25, 0.3) is 0 Å². The van der Waals surface area contributed by atoms with E-state index in [9.17, 15) is 4.79 Å². The second-order valence-electron chi connectivity index (χ2n) is 4.28. The molecule has 0 unspecified atom stereocenters. The van der Waals surface area contributed by atoms with Crippen LogP contribution in [0.4, 0.5) is 5.69 Å². The minimum Gasteiger partial charge on any atom is -0.469 e. The zero-order chi connectivity index (χ0) is 15.1. The van der Waals surface area contributed by atoms with Gasteiger partial charge < -0.3 is 14.8 Å². The van der Waals surface area contributed by atoms with E-state index in [0.717, 1.165) is 5.76 Å². The van der Waals surface area contributed by atoms with Crippen LogP contribution in [0.5, 0.6) is 0 Å². The van der Waals surface area contributed by atoms with Crippen molar-refractivity contribution < 1.29 is 14.3 Å². The number of nitrogens with one attached hydrogen (secondary N) is 1. The van der Waals surface area contributed by atoms with Gasteiger partial charge in [-0.05, 0) is 30.3 Å². The number of hydrogen-bond acceptors (Lipinski definition) is 3. The molecule has 0 saturated heterocycles. The Morgan fingerprint density at radius 3 is 2.95 bits per heavy atom. The maximum absolute atomic E-state index is 11.9. The summed E-state index contributed by atoms with van der Waals surface area (Å²) < 4.78 is 5.17. The number of furan rings is 1. The van der Waals surface area contributed by atoms with Crippen molar-refractivity contribution in [3.63, 3.8) is 0 Å². The van der Waals surface area contributed by atoms with E-state index in [0.29, 0.717) is 29.1 Å². The molecule has 5 heteroatoms. The van der Waals surface area contributed by atoms with Crippen LogP contribution >= 0.6 is 11.6 Å². The minimum absolute atomic E-state index is 0.152. The first-order chi connectivity index (χ1) is 10.2. The number of carbonyl (C=O) groups is 1. The third-order valence-electron chi connectivity index (χ3n) is 2.73. The first-order valence-corrected chi connectivity index (χ1v) is 6.78. The summed E-state index contributed by atoms with van der Waals surface area (Å²) >= 11 is 6.04. The number of halogens is 1. The van der Waals surface area contributed by atoms with E-state index in [4.69, 9.17) is 21.1 Å². The molecule has 1 amide bonds. The van der Waals surface area contributed by atoms with Crippen molar-refractivity contribution in [3.05, 3.63) is 52.9 Å². The lowest BCUT2D eigenvalue weighted by Gasteiger charge is -2.07. The summed E-state index contributed by atoms with van der Waals surface area (Å²) in [5.41, 5.74) is 1.18. The molecular weight excluding hydrogens is 290 g/mol. The Balaban J connectivity index is 1.99. The molecule has 108 valence electrons. The lowest BCUT2D eigenvalue weighted by molar-refractivity contribution is -0.116. The Bertz CT molecular complexity index is 669. The summed E-state index contributed by atoms with van der Waals surface area (Å²) in [7, 11) is 0. The van der Waals surface area contributed by atoms with E-state index in [1.54, 1.807) is 30.5 Å². The van der Waals surface area contributed by atoms with Crippen LogP contribution in [-0.4, -0.2) is 17.6 Å². The number of hydrogen-bond donors (Lipinski definition) is 2. The topological polar surface area (TPSA) is 62.5 Å². The predicted molar refractivity (Wildman–Crippen MR) is 81.1 cm³/mol. The van der Waals surface area contributed by atoms with Gasteiger partial charge in [-0.25, -0.2) is 0 Å². The second kappa shape index (κ2) is 7.53. The normalized spacial score (nSPS) is 9.81. The number of aliphatic hydroxyl groups excluding tert-OH is 1. The number of amides is 1. The van der Waals surface area contributed by atoms with E-state index in [1.165, 1.54) is 0 Å². The molecule has 0 atom stereocenters. The highest BCUT2D eigenvalue weighted by molar-refractivity contribution is 6.33. The lowest BCUT2D eigenvalue weighted by atomic mass is 10.2. The molecule has 0 spiro atoms. The Morgan fingerprint density at radius 1 is 1.38 bits per heavy atom. The largest absolute Gasteiger partial charge is 0.469 e. The van der Waals surface area contributed by atoms with Crippen LogP contribution < -0.4 is 5.32 Å². The van der Waals surface area contributed by atoms with E-state index < -0.39 is 0 Å². The number of carbonyl (C=O) groups excluding carboxylic acids is 1. The first-order valence-electron chi connectivity index (χ1n) is 6.40. The van der Waals surface area contributed by atoms with Crippen LogP contribution in [0, 0.1) is 11.8 Å². The highest BCUT2D eigenvalue weighted by atomic mass is 35.5. The average Bonchev–Trinajstić information content (AvgIpc) is 2.99. The third-order valence-corrected chi connectivity index (χ3v) is 3.06. The molecule has 1 aromatic carbocycles. The molecule has 2 aromatic rings. The van der Waals surface area contributed by atoms with Gasteiger partial charge in [0.2, 0.25) is 5.91 Å². The van der Waals surface area contributed by atoms with Gasteiger partial charge in [-0.3, -0.25) is 4.79 Å². The highest BCUT2D eigenvalue weighted by Gasteiger charge is 2.08. The molecule has 1 heterocycles. The molecule has 2 rings (SSSR count). The Hall–Kier alpha value is -2.22. The van der Waals surface area contributed by atoms with Crippen molar-refractivity contribution in [1.29, 1.82) is 0 Å². The van der Waals surface area contributed by atoms with Crippen molar-refractivity contribution in [1.82, 2.24) is 0 Å². The van der Waals surface area contributed by atoms with Crippen LogP contribution in [0.2, 0.25) is 5.02 Å². The molecule has 0 radical (unpaired) electrons. The van der Waals surface area contributed by atoms with Gasteiger partial charge in [0.25, 0.3) is 0 Å². The van der Waals surface area contributed by atoms with Gasteiger partial charge in [0.05, 0.1) is 17.0 Å². The van der Waals surface area contributed by atoms with Gasteiger partial charge in [-0.1, -0.05) is 23.4 Å². The fourth-order valence-electron chi connectivity index (χ4n) is 1.74. The fourth-order valence-corrected chi connectivity index (χ4v) is 1.91. The summed E-state index contributed by atoms with van der Waals surface area (Å²) in [6, 6.07) is 8.67. The number of aliphatic hydroxyl groups is 1. The molecule has 1 aromatic heterocycles. The predicted octanol–water partition coefficient (Wildman–Crippen LogP) is 2.85. The van der Waals surface area contributed by atoms with E-state index >= 15 is 0 Å². The van der Waals surface area contributed by atoms with Crippen molar-refractivity contribution >= 4 is 23.2 Å². The number of benzene rings is 1. The number of anilines is 1. The highest BCUT2D eigenvalue weighted by Crippen LogP contribution is 2.23. The van der Waals surface area contributed by atoms with Crippen LogP contribution in [0.15, 0.2) is 41.0 Å². The Kier molecular flexibility index (Phi) is 5.44. The third kappa shape index (κ3) is 4.67. The van der Waals surface area contributed by atoms with Crippen molar-refractivity contribution in [2.75, 3.05) is 11.9 Å². The molecule has 4 nitrogen and oxygen atoms in total. The first kappa shape index (κ1) is 15.2.